The van der Waals surface area contributed by atoms with E-state index in [2.05, 4.69) is 21.1 Å². The van der Waals surface area contributed by atoms with Gasteiger partial charge < -0.3 is 14.3 Å². The highest BCUT2D eigenvalue weighted by molar-refractivity contribution is 5.73. The summed E-state index contributed by atoms with van der Waals surface area (Å²) in [6.45, 7) is 2.18. The van der Waals surface area contributed by atoms with Gasteiger partial charge in [-0.3, -0.25) is 4.79 Å². The molecule has 1 aliphatic rings. The van der Waals surface area contributed by atoms with Crippen LogP contribution in [0.5, 0.6) is 0 Å². The highest BCUT2D eigenvalue weighted by Gasteiger charge is 2.43. The van der Waals surface area contributed by atoms with Gasteiger partial charge in [0, 0.05) is 6.42 Å². The molecule has 0 amide bonds. The Morgan fingerprint density at radius 2 is 2.00 bits per heavy atom. The van der Waals surface area contributed by atoms with Crippen molar-refractivity contribution < 1.29 is 19.1 Å². The predicted molar refractivity (Wildman–Crippen MR) is 61.8 cm³/mol. The maximum Gasteiger partial charge on any atom is 0.311 e. The molecule has 1 fully saturated rings. The molecule has 1 saturated carbocycles. The summed E-state index contributed by atoms with van der Waals surface area (Å²) in [4.78, 5) is 11.7. The second-order valence-corrected chi connectivity index (χ2v) is 5.46. The molecule has 0 spiro atoms. The van der Waals surface area contributed by atoms with Gasteiger partial charge in [-0.1, -0.05) is 0 Å². The molecule has 1 aliphatic carbocycles. The smallest absolute Gasteiger partial charge is 0.311 e. The van der Waals surface area contributed by atoms with Crippen molar-refractivity contribution >= 4 is 5.97 Å². The molecule has 1 N–H and O–H groups in total. The maximum atomic E-state index is 11.7. The number of carbonyl (C=O) groups is 1. The maximum absolute atomic E-state index is 11.7. The van der Waals surface area contributed by atoms with E-state index in [1.165, 1.54) is 0 Å². The molecule has 0 radical (unpaired) electrons. The molecular weight excluding hydrogens is 206 g/mol. The molecule has 0 aromatic rings. The molecule has 94 valence electrons. The second-order valence-electron chi connectivity index (χ2n) is 5.46. The van der Waals surface area contributed by atoms with Crippen molar-refractivity contribution in [2.45, 2.75) is 38.3 Å². The Morgan fingerprint density at radius 3 is 2.50 bits per heavy atom. The number of nitrogens with zero attached hydrogens (tertiary/aromatic N) is 1. The van der Waals surface area contributed by atoms with E-state index >= 15 is 0 Å². The molecule has 1 rings (SSSR count). The number of esters is 1. The van der Waals surface area contributed by atoms with E-state index in [1.807, 2.05) is 0 Å². The van der Waals surface area contributed by atoms with E-state index in [0.29, 0.717) is 11.1 Å². The Balaban J connectivity index is 2.71. The molecule has 16 heavy (non-hydrogen) atoms. The molecule has 0 unspecified atom stereocenters. The molecular formula is C12H24NO3+. The molecule has 0 aromatic heterocycles. The lowest BCUT2D eigenvalue weighted by Crippen LogP contribution is -2.56. The van der Waals surface area contributed by atoms with Crippen molar-refractivity contribution in [3.63, 3.8) is 0 Å². The minimum atomic E-state index is -0.576. The van der Waals surface area contributed by atoms with Gasteiger partial charge in [-0.25, -0.2) is 0 Å². The predicted octanol–water partition coefficient (Wildman–Crippen LogP) is 0.785. The summed E-state index contributed by atoms with van der Waals surface area (Å²) >= 11 is 0. The number of hydrogen-bond acceptors (Lipinski definition) is 3. The number of rotatable bonds is 3. The Bertz CT molecular complexity index is 247. The molecule has 0 aliphatic heterocycles. The van der Waals surface area contributed by atoms with E-state index < -0.39 is 6.10 Å². The minimum Gasteiger partial charge on any atom is -0.466 e. The third-order valence-electron chi connectivity index (χ3n) is 3.41. The third-order valence-corrected chi connectivity index (χ3v) is 3.41. The van der Waals surface area contributed by atoms with E-state index in [-0.39, 0.29) is 17.9 Å². The van der Waals surface area contributed by atoms with Crippen LogP contribution in [-0.4, -0.2) is 55.5 Å². The van der Waals surface area contributed by atoms with Gasteiger partial charge >= 0.3 is 5.97 Å². The molecule has 3 atom stereocenters. The van der Waals surface area contributed by atoms with Crippen molar-refractivity contribution in [1.29, 1.82) is 0 Å². The number of hydrogen-bond donors (Lipinski definition) is 1. The lowest BCUT2D eigenvalue weighted by atomic mass is 9.81. The Morgan fingerprint density at radius 1 is 1.38 bits per heavy atom. The highest BCUT2D eigenvalue weighted by Crippen LogP contribution is 2.30. The first-order valence-corrected chi connectivity index (χ1v) is 6.03. The quantitative estimate of drug-likeness (QED) is 0.576. The first-order valence-electron chi connectivity index (χ1n) is 6.03. The zero-order chi connectivity index (χ0) is 12.3. The molecule has 0 aromatic carbocycles. The SMILES string of the molecule is CCOC(=O)[C@@H]1CCC[C@@H]([N+](C)(C)C)[C@H]1O. The zero-order valence-corrected chi connectivity index (χ0v) is 10.8. The summed E-state index contributed by atoms with van der Waals surface area (Å²) in [6.07, 6.45) is 2.13. The number of aliphatic hydroxyl groups is 1. The van der Waals surface area contributed by atoms with Crippen LogP contribution in [0.3, 0.4) is 0 Å². The first-order chi connectivity index (χ1) is 7.38. The van der Waals surface area contributed by atoms with Crippen molar-refractivity contribution in [1.82, 2.24) is 0 Å². The largest absolute Gasteiger partial charge is 0.466 e. The van der Waals surface area contributed by atoms with Crippen molar-refractivity contribution in [2.24, 2.45) is 5.92 Å². The van der Waals surface area contributed by atoms with Gasteiger partial charge in [0.2, 0.25) is 0 Å². The Hall–Kier alpha value is -0.610. The topological polar surface area (TPSA) is 46.5 Å². The summed E-state index contributed by atoms with van der Waals surface area (Å²) in [5, 5.41) is 10.2. The van der Waals surface area contributed by atoms with E-state index in [9.17, 15) is 9.90 Å². The Kier molecular flexibility index (Phi) is 4.33. The summed E-state index contributed by atoms with van der Waals surface area (Å²) in [7, 11) is 6.17. The van der Waals surface area contributed by atoms with Gasteiger partial charge in [0.05, 0.1) is 33.7 Å². The minimum absolute atomic E-state index is 0.128. The lowest BCUT2D eigenvalue weighted by molar-refractivity contribution is -0.901. The van der Waals surface area contributed by atoms with Crippen molar-refractivity contribution in [3.8, 4) is 0 Å². The number of carbonyl (C=O) groups excluding carboxylic acids is 1. The van der Waals surface area contributed by atoms with Gasteiger partial charge in [0.15, 0.2) is 0 Å². The monoisotopic (exact) mass is 230 g/mol. The zero-order valence-electron chi connectivity index (χ0n) is 10.8. The van der Waals surface area contributed by atoms with E-state index in [0.717, 1.165) is 19.3 Å². The number of quaternary nitrogens is 1. The van der Waals surface area contributed by atoms with Crippen LogP contribution in [0.15, 0.2) is 0 Å². The molecule has 0 saturated heterocycles. The van der Waals surface area contributed by atoms with Crippen LogP contribution in [-0.2, 0) is 9.53 Å². The molecule has 4 heteroatoms. The number of ether oxygens (including phenoxy) is 1. The van der Waals surface area contributed by atoms with E-state index in [1.54, 1.807) is 6.92 Å². The van der Waals surface area contributed by atoms with Crippen LogP contribution < -0.4 is 0 Å². The lowest BCUT2D eigenvalue weighted by Gasteiger charge is -2.42. The fourth-order valence-electron chi connectivity index (χ4n) is 2.51. The normalized spacial score (nSPS) is 31.2. The second kappa shape index (κ2) is 5.15. The summed E-state index contributed by atoms with van der Waals surface area (Å²) in [5.41, 5.74) is 0. The average Bonchev–Trinajstić information content (AvgIpc) is 2.16. The van der Waals surface area contributed by atoms with Crippen LogP contribution in [0.25, 0.3) is 0 Å². The van der Waals surface area contributed by atoms with Crippen molar-refractivity contribution in [3.05, 3.63) is 0 Å². The summed E-state index contributed by atoms with van der Waals surface area (Å²) in [6, 6.07) is 0.128. The van der Waals surface area contributed by atoms with E-state index in [4.69, 9.17) is 4.74 Å². The number of likely N-dealkylation sites (N-methyl/N-ethyl adjacent to an activating group) is 1. The highest BCUT2D eigenvalue weighted by atomic mass is 16.5. The Labute approximate surface area is 97.8 Å². The van der Waals surface area contributed by atoms with Gasteiger partial charge in [-0.15, -0.1) is 0 Å². The molecule has 0 bridgehead atoms. The van der Waals surface area contributed by atoms with Crippen LogP contribution in [0.1, 0.15) is 26.2 Å². The van der Waals surface area contributed by atoms with Crippen LogP contribution in [0, 0.1) is 5.92 Å². The average molecular weight is 230 g/mol. The van der Waals surface area contributed by atoms with Crippen LogP contribution in [0.4, 0.5) is 0 Å². The molecule has 0 heterocycles. The fourth-order valence-corrected chi connectivity index (χ4v) is 2.51. The summed E-state index contributed by atoms with van der Waals surface area (Å²) < 4.78 is 5.70. The number of aliphatic hydroxyl groups excluding tert-OH is 1. The van der Waals surface area contributed by atoms with Gasteiger partial charge in [0.1, 0.15) is 12.1 Å². The molecule has 4 nitrogen and oxygen atoms in total. The van der Waals surface area contributed by atoms with Crippen LogP contribution in [0.2, 0.25) is 0 Å². The van der Waals surface area contributed by atoms with Crippen LogP contribution >= 0.6 is 0 Å². The van der Waals surface area contributed by atoms with Crippen molar-refractivity contribution in [2.75, 3.05) is 27.7 Å². The fraction of sp³-hybridized carbons (Fsp3) is 0.917. The first kappa shape index (κ1) is 13.5. The van der Waals surface area contributed by atoms with Gasteiger partial charge in [0.25, 0.3) is 0 Å². The third kappa shape index (κ3) is 2.95. The standard InChI is InChI=1S/C12H24NO3/c1-5-16-12(15)9-7-6-8-10(11(9)14)13(2,3)4/h9-11,14H,5-8H2,1-4H3/q+1/t9-,10-,11+/m1/s1. The summed E-state index contributed by atoms with van der Waals surface area (Å²) in [5.74, 6) is -0.579. The van der Waals surface area contributed by atoms with Gasteiger partial charge in [-0.2, -0.15) is 0 Å². The van der Waals surface area contributed by atoms with Gasteiger partial charge in [-0.05, 0) is 19.8 Å².